The van der Waals surface area contributed by atoms with Crippen LogP contribution >= 0.6 is 0 Å². The zero-order valence-corrected chi connectivity index (χ0v) is 13.3. The molecule has 0 bridgehead atoms. The highest BCUT2D eigenvalue weighted by Gasteiger charge is 2.57. The van der Waals surface area contributed by atoms with Crippen molar-refractivity contribution >= 4 is 16.0 Å². The molecule has 6 nitrogen and oxygen atoms in total. The smallest absolute Gasteiger partial charge is 0.311 e. The molecule has 0 aromatic heterocycles. The molecule has 2 aliphatic rings. The standard InChI is InChI=1S/C15H14F2N2O4S/c16-11-4-9(6-18)5-12(17)13(11)24(22,23)19-7-10-2-1-3-15(10,8-19)14(20)21/h4-5,10H,1-3,7-8H2,(H,20,21)/t10-,15+/m0/s1. The van der Waals surface area contributed by atoms with Gasteiger partial charge in [0.25, 0.3) is 0 Å². The maximum Gasteiger partial charge on any atom is 0.311 e. The van der Waals surface area contributed by atoms with Gasteiger partial charge < -0.3 is 5.11 Å². The minimum absolute atomic E-state index is 0.0759. The predicted octanol–water partition coefficient (Wildman–Crippen LogP) is 1.71. The third kappa shape index (κ3) is 2.29. The summed E-state index contributed by atoms with van der Waals surface area (Å²) < 4.78 is 54.3. The molecule has 1 aromatic carbocycles. The molecule has 9 heteroatoms. The number of nitriles is 1. The molecule has 1 aliphatic carbocycles. The fourth-order valence-electron chi connectivity index (χ4n) is 3.78. The van der Waals surface area contributed by atoms with Crippen LogP contribution in [0.3, 0.4) is 0 Å². The average molecular weight is 356 g/mol. The Hall–Kier alpha value is -2.05. The second-order valence-electron chi connectivity index (χ2n) is 6.23. The summed E-state index contributed by atoms with van der Waals surface area (Å²) >= 11 is 0. The quantitative estimate of drug-likeness (QED) is 0.889. The van der Waals surface area contributed by atoms with Gasteiger partial charge in [0, 0.05) is 13.1 Å². The first-order valence-corrected chi connectivity index (χ1v) is 8.79. The van der Waals surface area contributed by atoms with Gasteiger partial charge in [-0.2, -0.15) is 9.57 Å². The Morgan fingerprint density at radius 3 is 2.50 bits per heavy atom. The van der Waals surface area contributed by atoms with Crippen molar-refractivity contribution in [2.24, 2.45) is 11.3 Å². The maximum atomic E-state index is 14.1. The summed E-state index contributed by atoms with van der Waals surface area (Å²) in [5.74, 6) is -4.15. The summed E-state index contributed by atoms with van der Waals surface area (Å²) in [4.78, 5) is 10.5. The summed E-state index contributed by atoms with van der Waals surface area (Å²) in [5, 5.41) is 18.2. The number of fused-ring (bicyclic) bond motifs is 1. The Kier molecular flexibility index (Phi) is 3.85. The molecule has 0 unspecified atom stereocenters. The molecular weight excluding hydrogens is 342 g/mol. The van der Waals surface area contributed by atoms with E-state index in [1.807, 2.05) is 0 Å². The van der Waals surface area contributed by atoms with Gasteiger partial charge in [0.15, 0.2) is 4.90 Å². The van der Waals surface area contributed by atoms with E-state index in [-0.39, 0.29) is 24.6 Å². The van der Waals surface area contributed by atoms with Crippen molar-refractivity contribution < 1.29 is 27.1 Å². The fraction of sp³-hybridized carbons (Fsp3) is 0.467. The van der Waals surface area contributed by atoms with Crippen LogP contribution in [0, 0.1) is 34.3 Å². The number of rotatable bonds is 3. The van der Waals surface area contributed by atoms with Crippen LogP contribution in [-0.2, 0) is 14.8 Å². The lowest BCUT2D eigenvalue weighted by atomic mass is 9.81. The fourth-order valence-corrected chi connectivity index (χ4v) is 5.42. The molecule has 1 N–H and O–H groups in total. The molecule has 0 spiro atoms. The second kappa shape index (κ2) is 5.50. The highest BCUT2D eigenvalue weighted by molar-refractivity contribution is 7.89. The molecule has 3 rings (SSSR count). The van der Waals surface area contributed by atoms with Crippen molar-refractivity contribution in [2.75, 3.05) is 13.1 Å². The molecule has 24 heavy (non-hydrogen) atoms. The number of carboxylic acids is 1. The molecule has 1 saturated heterocycles. The third-order valence-corrected chi connectivity index (χ3v) is 6.85. The Labute approximate surface area is 137 Å². The van der Waals surface area contributed by atoms with E-state index in [4.69, 9.17) is 5.26 Å². The van der Waals surface area contributed by atoms with Crippen molar-refractivity contribution in [3.8, 4) is 6.07 Å². The van der Waals surface area contributed by atoms with Crippen LogP contribution in [0.2, 0.25) is 0 Å². The molecule has 0 amide bonds. The number of carbonyl (C=O) groups is 1. The van der Waals surface area contributed by atoms with E-state index in [1.165, 1.54) is 0 Å². The summed E-state index contributed by atoms with van der Waals surface area (Å²) in [6, 6.07) is 2.85. The van der Waals surface area contributed by atoms with Crippen LogP contribution in [0.4, 0.5) is 8.78 Å². The largest absolute Gasteiger partial charge is 0.481 e. The summed E-state index contributed by atoms with van der Waals surface area (Å²) in [7, 11) is -4.53. The number of nitrogens with zero attached hydrogens (tertiary/aromatic N) is 2. The topological polar surface area (TPSA) is 98.5 Å². The molecule has 0 radical (unpaired) electrons. The van der Waals surface area contributed by atoms with E-state index < -0.39 is 37.9 Å². The zero-order chi connectivity index (χ0) is 17.7. The number of hydrogen-bond donors (Lipinski definition) is 1. The van der Waals surface area contributed by atoms with Crippen molar-refractivity contribution in [1.29, 1.82) is 5.26 Å². The number of halogens is 2. The number of hydrogen-bond acceptors (Lipinski definition) is 4. The van der Waals surface area contributed by atoms with Crippen LogP contribution in [0.15, 0.2) is 17.0 Å². The van der Waals surface area contributed by atoms with Crippen LogP contribution in [0.5, 0.6) is 0 Å². The average Bonchev–Trinajstić information content (AvgIpc) is 3.04. The van der Waals surface area contributed by atoms with Gasteiger partial charge in [-0.3, -0.25) is 4.79 Å². The Morgan fingerprint density at radius 1 is 1.38 bits per heavy atom. The van der Waals surface area contributed by atoms with Crippen LogP contribution in [-0.4, -0.2) is 36.9 Å². The Balaban J connectivity index is 2.02. The summed E-state index contributed by atoms with van der Waals surface area (Å²) in [5.41, 5.74) is -1.52. The van der Waals surface area contributed by atoms with Gasteiger partial charge in [0.05, 0.1) is 17.0 Å². The number of sulfonamides is 1. The molecule has 2 fully saturated rings. The van der Waals surface area contributed by atoms with Gasteiger partial charge in [0.2, 0.25) is 10.0 Å². The lowest BCUT2D eigenvalue weighted by Gasteiger charge is -2.23. The van der Waals surface area contributed by atoms with E-state index in [0.717, 1.165) is 4.31 Å². The van der Waals surface area contributed by atoms with E-state index in [9.17, 15) is 27.1 Å². The minimum Gasteiger partial charge on any atom is -0.481 e. The van der Waals surface area contributed by atoms with E-state index in [0.29, 0.717) is 31.4 Å². The second-order valence-corrected chi connectivity index (χ2v) is 8.10. The molecule has 1 heterocycles. The van der Waals surface area contributed by atoms with Crippen LogP contribution in [0.1, 0.15) is 24.8 Å². The Morgan fingerprint density at radius 2 is 2.00 bits per heavy atom. The summed E-state index contributed by atoms with van der Waals surface area (Å²) in [6.45, 7) is -0.373. The molecule has 1 aliphatic heterocycles. The monoisotopic (exact) mass is 356 g/mol. The molecule has 2 atom stereocenters. The lowest BCUT2D eigenvalue weighted by Crippen LogP contribution is -2.37. The molecular formula is C15H14F2N2O4S. The third-order valence-electron chi connectivity index (χ3n) is 4.99. The first kappa shape index (κ1) is 16.8. The van der Waals surface area contributed by atoms with Gasteiger partial charge in [0.1, 0.15) is 11.6 Å². The van der Waals surface area contributed by atoms with Crippen molar-refractivity contribution in [3.63, 3.8) is 0 Å². The highest BCUT2D eigenvalue weighted by Crippen LogP contribution is 2.50. The number of carboxylic acid groups (broad SMARTS) is 1. The number of aliphatic carboxylic acids is 1. The summed E-state index contributed by atoms with van der Waals surface area (Å²) in [6.07, 6.45) is 1.60. The van der Waals surface area contributed by atoms with Gasteiger partial charge in [-0.15, -0.1) is 0 Å². The molecule has 1 saturated carbocycles. The SMILES string of the molecule is N#Cc1cc(F)c(S(=O)(=O)N2C[C@@H]3CCC[C@@]3(C(=O)O)C2)c(F)c1. The van der Waals surface area contributed by atoms with E-state index >= 15 is 0 Å². The minimum atomic E-state index is -4.53. The van der Waals surface area contributed by atoms with Gasteiger partial charge in [-0.1, -0.05) is 6.42 Å². The maximum absolute atomic E-state index is 14.1. The van der Waals surface area contributed by atoms with Gasteiger partial charge in [-0.25, -0.2) is 17.2 Å². The van der Waals surface area contributed by atoms with Gasteiger partial charge in [-0.05, 0) is 30.9 Å². The molecule has 1 aromatic rings. The normalized spacial score (nSPS) is 27.0. The predicted molar refractivity (Wildman–Crippen MR) is 77.2 cm³/mol. The van der Waals surface area contributed by atoms with Crippen molar-refractivity contribution in [2.45, 2.75) is 24.2 Å². The van der Waals surface area contributed by atoms with Crippen LogP contribution in [0.25, 0.3) is 0 Å². The first-order chi connectivity index (χ1) is 11.2. The van der Waals surface area contributed by atoms with Gasteiger partial charge >= 0.3 is 5.97 Å². The zero-order valence-electron chi connectivity index (χ0n) is 12.5. The Bertz CT molecular complexity index is 842. The lowest BCUT2D eigenvalue weighted by molar-refractivity contribution is -0.149. The molecule has 128 valence electrons. The van der Waals surface area contributed by atoms with Crippen molar-refractivity contribution in [1.82, 2.24) is 4.31 Å². The van der Waals surface area contributed by atoms with Crippen molar-refractivity contribution in [3.05, 3.63) is 29.3 Å². The van der Waals surface area contributed by atoms with Crippen LogP contribution < -0.4 is 0 Å². The van der Waals surface area contributed by atoms with E-state index in [2.05, 4.69) is 0 Å². The highest BCUT2D eigenvalue weighted by atomic mass is 32.2. The van der Waals surface area contributed by atoms with E-state index in [1.54, 1.807) is 6.07 Å². The first-order valence-electron chi connectivity index (χ1n) is 7.35. The number of benzene rings is 1.